The third-order valence-electron chi connectivity index (χ3n) is 14.4. The number of hydrogen-bond acceptors (Lipinski definition) is 1. The van der Waals surface area contributed by atoms with Gasteiger partial charge in [-0.15, -0.1) is 0 Å². The normalized spacial score (nSPS) is 38.4. The maximum Gasteiger partial charge on any atom is 0.182 e. The first-order valence-corrected chi connectivity index (χ1v) is 20.0. The summed E-state index contributed by atoms with van der Waals surface area (Å²) in [6.45, 7) is 22.5. The summed E-state index contributed by atoms with van der Waals surface area (Å²) in [4.78, 5) is 2.91. The predicted octanol–water partition coefficient (Wildman–Crippen LogP) is 11.1. The van der Waals surface area contributed by atoms with Gasteiger partial charge in [0, 0.05) is 48.5 Å². The Morgan fingerprint density at radius 1 is 0.689 bits per heavy atom. The van der Waals surface area contributed by atoms with Gasteiger partial charge in [0.25, 0.3) is 0 Å². The molecule has 2 nitrogen and oxygen atoms in total. The van der Waals surface area contributed by atoms with Crippen LogP contribution in [0, 0.1) is 58.2 Å². The molecule has 2 aliphatic heterocycles. The largest absolute Gasteiger partial charge is 0.371 e. The average Bonchev–Trinajstić information content (AvgIpc) is 3.37. The van der Waals surface area contributed by atoms with Crippen LogP contribution in [0.5, 0.6) is 0 Å². The summed E-state index contributed by atoms with van der Waals surface area (Å²) in [5, 5.41) is 0. The Balaban J connectivity index is 1.26. The van der Waals surface area contributed by atoms with Crippen molar-refractivity contribution < 1.29 is 4.58 Å². The van der Waals surface area contributed by atoms with Crippen LogP contribution in [0.25, 0.3) is 0 Å². The zero-order valence-electron chi connectivity index (χ0n) is 30.9. The first-order valence-electron chi connectivity index (χ1n) is 20.0. The maximum atomic E-state index is 2.91. The van der Waals surface area contributed by atoms with E-state index in [1.165, 1.54) is 103 Å². The molecule has 0 amide bonds. The molecule has 2 heterocycles. The molecule has 4 saturated carbocycles. The minimum Gasteiger partial charge on any atom is -0.371 e. The van der Waals surface area contributed by atoms with E-state index in [-0.39, 0.29) is 10.8 Å². The van der Waals surface area contributed by atoms with Gasteiger partial charge >= 0.3 is 0 Å². The van der Waals surface area contributed by atoms with Crippen molar-refractivity contribution in [1.82, 2.24) is 4.90 Å². The van der Waals surface area contributed by atoms with E-state index in [1.807, 2.05) is 0 Å². The van der Waals surface area contributed by atoms with Gasteiger partial charge in [0.05, 0.1) is 5.41 Å². The van der Waals surface area contributed by atoms with Gasteiger partial charge in [-0.3, -0.25) is 0 Å². The van der Waals surface area contributed by atoms with Crippen LogP contribution in [0.2, 0.25) is 0 Å². The summed E-state index contributed by atoms with van der Waals surface area (Å²) in [6.07, 6.45) is 32.5. The Kier molecular flexibility index (Phi) is 10.2. The summed E-state index contributed by atoms with van der Waals surface area (Å²) in [6, 6.07) is 1.51. The van der Waals surface area contributed by atoms with Gasteiger partial charge in [0.15, 0.2) is 11.8 Å². The Morgan fingerprint density at radius 3 is 1.98 bits per heavy atom. The number of allylic oxidation sites excluding steroid dienone is 6. The molecule has 0 N–H and O–H groups in total. The van der Waals surface area contributed by atoms with Crippen LogP contribution in [-0.4, -0.2) is 40.4 Å². The lowest BCUT2D eigenvalue weighted by molar-refractivity contribution is -0.570. The van der Waals surface area contributed by atoms with Gasteiger partial charge < -0.3 is 4.90 Å². The fourth-order valence-corrected chi connectivity index (χ4v) is 12.4. The third kappa shape index (κ3) is 6.45. The van der Waals surface area contributed by atoms with Crippen molar-refractivity contribution in [3.63, 3.8) is 0 Å². The Bertz CT molecular complexity index is 1150. The van der Waals surface area contributed by atoms with Gasteiger partial charge in [-0.2, -0.15) is 0 Å². The monoisotopic (exact) mass is 616 g/mol. The number of fused-ring (bicyclic) bond motifs is 6. The van der Waals surface area contributed by atoms with Crippen LogP contribution < -0.4 is 0 Å². The fraction of sp³-hybridized carbons (Fsp3) is 0.837. The minimum atomic E-state index is 0.262. The molecule has 0 bridgehead atoms. The molecular weight excluding hydrogens is 544 g/mol. The lowest BCUT2D eigenvalue weighted by Crippen LogP contribution is -2.46. The highest BCUT2D eigenvalue weighted by Crippen LogP contribution is 2.60. The topological polar surface area (TPSA) is 6.25 Å². The molecule has 8 atom stereocenters. The van der Waals surface area contributed by atoms with Crippen molar-refractivity contribution in [3.8, 4) is 0 Å². The zero-order chi connectivity index (χ0) is 31.9. The lowest BCUT2D eigenvalue weighted by atomic mass is 9.57. The standard InChI is InChI=1S/C43H71N2/c1-30(2)26-28-44-36-24-22-32-16-12-14-18-34(32)40(36)42(5,6)38(44)20-10-9-11-21-39-43(7,8)41-35-19-15-13-17-33(35)23-25-37(41)45(39)29-27-31(3)4/h9-11,20-21,30-37,40-41H,12-19,22-29H2,1-8H3/q+1. The maximum absolute atomic E-state index is 2.91. The Morgan fingerprint density at radius 2 is 1.31 bits per heavy atom. The first kappa shape index (κ1) is 33.6. The molecular formula is C43H71N2+. The molecule has 5 fully saturated rings. The van der Waals surface area contributed by atoms with Crippen LogP contribution in [0.4, 0.5) is 0 Å². The molecule has 6 rings (SSSR count). The molecule has 6 aliphatic rings. The van der Waals surface area contributed by atoms with Crippen LogP contribution in [0.3, 0.4) is 0 Å². The Hall–Kier alpha value is -1.31. The second kappa shape index (κ2) is 13.7. The molecule has 0 spiro atoms. The van der Waals surface area contributed by atoms with Crippen LogP contribution in [0.1, 0.15) is 145 Å². The molecule has 8 unspecified atom stereocenters. The van der Waals surface area contributed by atoms with Gasteiger partial charge in [-0.1, -0.05) is 98.3 Å². The molecule has 0 aromatic carbocycles. The van der Waals surface area contributed by atoms with Crippen LogP contribution in [-0.2, 0) is 0 Å². The van der Waals surface area contributed by atoms with E-state index >= 15 is 0 Å². The van der Waals surface area contributed by atoms with E-state index in [4.69, 9.17) is 0 Å². The summed E-state index contributed by atoms with van der Waals surface area (Å²) in [5.41, 5.74) is 3.79. The highest BCUT2D eigenvalue weighted by Gasteiger charge is 2.60. The van der Waals surface area contributed by atoms with E-state index in [0.29, 0.717) is 0 Å². The number of likely N-dealkylation sites (tertiary alicyclic amines) is 1. The number of nitrogens with zero attached hydrogens (tertiary/aromatic N) is 2. The van der Waals surface area contributed by atoms with Gasteiger partial charge in [-0.05, 0) is 99.9 Å². The first-order chi connectivity index (χ1) is 21.5. The van der Waals surface area contributed by atoms with Crippen molar-refractivity contribution >= 4 is 5.71 Å². The lowest BCUT2D eigenvalue weighted by Gasteiger charge is -2.47. The van der Waals surface area contributed by atoms with E-state index in [0.717, 1.165) is 59.4 Å². The van der Waals surface area contributed by atoms with Crippen molar-refractivity contribution in [2.75, 3.05) is 13.1 Å². The molecule has 1 saturated heterocycles. The molecule has 0 aromatic rings. The molecule has 2 heteroatoms. The minimum absolute atomic E-state index is 0.262. The van der Waals surface area contributed by atoms with Crippen molar-refractivity contribution in [1.29, 1.82) is 0 Å². The van der Waals surface area contributed by atoms with E-state index < -0.39 is 0 Å². The number of rotatable bonds is 9. The van der Waals surface area contributed by atoms with Gasteiger partial charge in [0.1, 0.15) is 6.54 Å². The van der Waals surface area contributed by atoms with Crippen LogP contribution in [0.15, 0.2) is 36.1 Å². The molecule has 45 heavy (non-hydrogen) atoms. The smallest absolute Gasteiger partial charge is 0.182 e. The SMILES string of the molecule is CC(C)CCN1/C(=C/C=C/C=C/C2=[N+](CCC(C)C)C3CCC4CCCCC4C3C2(C)C)C(C)(C)C2C3CCCCC3CCC21. The fourth-order valence-electron chi connectivity index (χ4n) is 12.4. The summed E-state index contributed by atoms with van der Waals surface area (Å²) in [7, 11) is 0. The summed E-state index contributed by atoms with van der Waals surface area (Å²) >= 11 is 0. The van der Waals surface area contributed by atoms with Crippen molar-refractivity contribution in [3.05, 3.63) is 36.1 Å². The highest BCUT2D eigenvalue weighted by molar-refractivity contribution is 5.97. The average molecular weight is 616 g/mol. The highest BCUT2D eigenvalue weighted by atomic mass is 15.2. The third-order valence-corrected chi connectivity index (χ3v) is 14.4. The number of hydrogen-bond donors (Lipinski definition) is 0. The predicted molar refractivity (Wildman–Crippen MR) is 194 cm³/mol. The van der Waals surface area contributed by atoms with Crippen molar-refractivity contribution in [2.45, 2.75) is 157 Å². The quantitative estimate of drug-likeness (QED) is 0.185. The zero-order valence-corrected chi connectivity index (χ0v) is 30.9. The molecule has 0 aromatic heterocycles. The van der Waals surface area contributed by atoms with Crippen molar-refractivity contribution in [2.24, 2.45) is 58.2 Å². The van der Waals surface area contributed by atoms with E-state index in [9.17, 15) is 0 Å². The summed E-state index contributed by atoms with van der Waals surface area (Å²) < 4.78 is 2.91. The van der Waals surface area contributed by atoms with Crippen LogP contribution >= 0.6 is 0 Å². The Labute approximate surface area is 279 Å². The molecule has 0 radical (unpaired) electrons. The molecule has 4 aliphatic carbocycles. The van der Waals surface area contributed by atoms with Gasteiger partial charge in [0.2, 0.25) is 0 Å². The van der Waals surface area contributed by atoms with Gasteiger partial charge in [-0.25, -0.2) is 4.58 Å². The second-order valence-electron chi connectivity index (χ2n) is 18.6. The van der Waals surface area contributed by atoms with E-state index in [1.54, 1.807) is 11.4 Å². The van der Waals surface area contributed by atoms with E-state index in [2.05, 4.69) is 95.2 Å². The second-order valence-corrected chi connectivity index (χ2v) is 18.6. The summed E-state index contributed by atoms with van der Waals surface area (Å²) in [5.74, 6) is 7.03. The molecule has 252 valence electrons.